The molecule has 82 heavy (non-hydrogen) atoms. The molecule has 2 nitrogen and oxygen atoms in total. The predicted octanol–water partition coefficient (Wildman–Crippen LogP) is 21.1. The van der Waals surface area contributed by atoms with Gasteiger partial charge in [0.2, 0.25) is 0 Å². The Kier molecular flexibility index (Phi) is 12.5. The number of fused-ring (bicyclic) bond motifs is 6. The summed E-state index contributed by atoms with van der Waals surface area (Å²) in [6.45, 7) is 8.25. The molecular weight excluding hydrogens is 1030 g/mol. The molecule has 11 aromatic carbocycles. The summed E-state index contributed by atoms with van der Waals surface area (Å²) >= 11 is 0. The summed E-state index contributed by atoms with van der Waals surface area (Å²) in [7, 11) is 0. The van der Waals surface area contributed by atoms with Crippen LogP contribution in [-0.2, 0) is 12.4 Å². The summed E-state index contributed by atoms with van der Waals surface area (Å²) in [5.41, 5.74) is 18.4. The van der Waals surface area contributed by atoms with E-state index in [-0.39, 0.29) is 17.2 Å². The number of hydrogen-bond acceptors (Lipinski definition) is 1. The maximum absolute atomic E-state index is 14.7. The van der Waals surface area contributed by atoms with Crippen molar-refractivity contribution in [2.24, 2.45) is 0 Å². The number of rotatable bonds is 8. The average Bonchev–Trinajstić information content (AvgIpc) is 3.60. The van der Waals surface area contributed by atoms with Crippen LogP contribution in [0.25, 0.3) is 105 Å². The fourth-order valence-corrected chi connectivity index (χ4v) is 12.2. The third kappa shape index (κ3) is 9.32. The van der Waals surface area contributed by atoms with Crippen molar-refractivity contribution in [2.45, 2.75) is 46.0 Å². The minimum absolute atomic E-state index is 0.154. The van der Waals surface area contributed by atoms with Crippen molar-refractivity contribution in [1.82, 2.24) is 4.57 Å². The molecule has 0 N–H and O–H groups in total. The molecule has 1 aliphatic carbocycles. The minimum atomic E-state index is -5.07. The van der Waals surface area contributed by atoms with E-state index in [2.05, 4.69) is 184 Å². The number of benzene rings is 11. The van der Waals surface area contributed by atoms with Crippen molar-refractivity contribution >= 4 is 21.8 Å². The molecule has 12 aromatic rings. The summed E-state index contributed by atoms with van der Waals surface area (Å²) < 4.78 is 90.2. The lowest BCUT2D eigenvalue weighted by molar-refractivity contribution is -0.143. The first-order chi connectivity index (χ1) is 39.4. The van der Waals surface area contributed by atoms with Crippen LogP contribution in [0.4, 0.5) is 26.3 Å². The van der Waals surface area contributed by atoms with E-state index < -0.39 is 29.4 Å². The number of halogens is 6. The molecule has 13 rings (SSSR count). The molecule has 0 saturated heterocycles. The number of nitriles is 1. The van der Waals surface area contributed by atoms with E-state index in [9.17, 15) is 31.6 Å². The van der Waals surface area contributed by atoms with Crippen molar-refractivity contribution in [1.29, 1.82) is 5.26 Å². The van der Waals surface area contributed by atoms with Crippen LogP contribution in [0.15, 0.2) is 224 Å². The zero-order valence-corrected chi connectivity index (χ0v) is 45.1. The van der Waals surface area contributed by atoms with Crippen LogP contribution in [0.5, 0.6) is 0 Å². The predicted molar refractivity (Wildman–Crippen MR) is 320 cm³/mol. The van der Waals surface area contributed by atoms with Crippen molar-refractivity contribution in [3.05, 3.63) is 280 Å². The molecule has 0 spiro atoms. The number of alkyl halides is 6. The highest BCUT2D eigenvalue weighted by Crippen LogP contribution is 2.54. The molecule has 0 saturated carbocycles. The first-order valence-electron chi connectivity index (χ1n) is 27.1. The van der Waals surface area contributed by atoms with Crippen LogP contribution < -0.4 is 0 Å². The molecule has 0 unspecified atom stereocenters. The maximum atomic E-state index is 14.7. The van der Waals surface area contributed by atoms with Gasteiger partial charge < -0.3 is 4.57 Å². The zero-order valence-electron chi connectivity index (χ0n) is 45.1. The van der Waals surface area contributed by atoms with Crippen LogP contribution in [-0.4, -0.2) is 4.57 Å². The Balaban J connectivity index is 1.11. The summed E-state index contributed by atoms with van der Waals surface area (Å²) in [5.74, 6) is -0.463. The molecule has 0 aliphatic heterocycles. The van der Waals surface area contributed by atoms with Gasteiger partial charge in [0.25, 0.3) is 0 Å². The lowest BCUT2D eigenvalue weighted by Crippen LogP contribution is -2.11. The second-order valence-electron chi connectivity index (χ2n) is 21.8. The van der Waals surface area contributed by atoms with Crippen LogP contribution in [0.2, 0.25) is 0 Å². The van der Waals surface area contributed by atoms with E-state index in [0.717, 1.165) is 129 Å². The summed E-state index contributed by atoms with van der Waals surface area (Å²) in [6.07, 6.45) is -10.1. The summed E-state index contributed by atoms with van der Waals surface area (Å²) in [5, 5.41) is 12.6. The third-order valence-electron chi connectivity index (χ3n) is 16.1. The minimum Gasteiger partial charge on any atom is -0.309 e. The Morgan fingerprint density at radius 2 is 0.695 bits per heavy atom. The molecule has 0 fully saturated rings. The van der Waals surface area contributed by atoms with E-state index >= 15 is 0 Å². The Morgan fingerprint density at radius 3 is 1.07 bits per heavy atom. The molecular formula is C74H50F6N2. The number of aryl methyl sites for hydroxylation is 4. The fourth-order valence-electron chi connectivity index (χ4n) is 12.2. The molecule has 398 valence electrons. The Labute approximate surface area is 471 Å². The standard InChI is InChI=1S/C74H50F6N2/c1-43-9-5-13-48(29-43)52-18-24-62-65(36-52)66-37-53(49-14-6-10-44(2)30-49)19-25-63(66)72(62)61-26-20-56(57-34-58(73(75,76)77)41-59(35-57)74(78,79)80)38-64(61)60-23-17-47(42-81)33-71(60)82-69-27-21-54(50-15-7-11-45(3)31-50)39-67(69)68-40-55(22-28-70(68)82)51-16-8-12-46(4)32-51/h5-41,72H,1-4H3. The topological polar surface area (TPSA) is 28.7 Å². The summed E-state index contributed by atoms with van der Waals surface area (Å²) in [4.78, 5) is 0. The van der Waals surface area contributed by atoms with Gasteiger partial charge in [-0.15, -0.1) is 0 Å². The highest BCUT2D eigenvalue weighted by Gasteiger charge is 2.38. The largest absolute Gasteiger partial charge is 0.416 e. The van der Waals surface area contributed by atoms with Crippen molar-refractivity contribution in [3.8, 4) is 89.6 Å². The van der Waals surface area contributed by atoms with E-state index in [1.54, 1.807) is 18.2 Å². The monoisotopic (exact) mass is 1080 g/mol. The van der Waals surface area contributed by atoms with E-state index in [0.29, 0.717) is 22.4 Å². The molecule has 1 aliphatic rings. The first-order valence-corrected chi connectivity index (χ1v) is 27.1. The molecule has 0 radical (unpaired) electrons. The lowest BCUT2D eigenvalue weighted by Gasteiger charge is -2.23. The molecule has 1 aromatic heterocycles. The fraction of sp³-hybridized carbons (Fsp3) is 0.0946. The normalized spacial score (nSPS) is 12.5. The van der Waals surface area contributed by atoms with Gasteiger partial charge in [0, 0.05) is 22.3 Å². The van der Waals surface area contributed by atoms with Gasteiger partial charge in [0.1, 0.15) is 0 Å². The van der Waals surface area contributed by atoms with Gasteiger partial charge in [-0.25, -0.2) is 0 Å². The Bertz CT molecular complexity index is 4390. The van der Waals surface area contributed by atoms with Crippen LogP contribution in [0.1, 0.15) is 61.6 Å². The highest BCUT2D eigenvalue weighted by atomic mass is 19.4. The Hall–Kier alpha value is -9.71. The smallest absolute Gasteiger partial charge is 0.309 e. The molecule has 0 amide bonds. The maximum Gasteiger partial charge on any atom is 0.416 e. The molecule has 0 atom stereocenters. The van der Waals surface area contributed by atoms with E-state index in [4.69, 9.17) is 0 Å². The van der Waals surface area contributed by atoms with Crippen molar-refractivity contribution in [3.63, 3.8) is 0 Å². The SMILES string of the molecule is Cc1cccc(-c2ccc3c(c2)-c2cc(-c4cccc(C)c4)ccc2C3c2ccc(-c3cc(C(F)(F)F)cc(C(F)(F)F)c3)cc2-c2ccc(C#N)cc2-n2c3ccc(-c4cccc(C)c4)cc3c3cc(-c4cccc(C)c4)ccc32)c1. The van der Waals surface area contributed by atoms with E-state index in [1.165, 1.54) is 0 Å². The number of hydrogen-bond donors (Lipinski definition) is 0. The second kappa shape index (κ2) is 19.8. The summed E-state index contributed by atoms with van der Waals surface area (Å²) in [6, 6.07) is 73.8. The first kappa shape index (κ1) is 51.7. The second-order valence-corrected chi connectivity index (χ2v) is 21.8. The lowest BCUT2D eigenvalue weighted by atomic mass is 9.82. The highest BCUT2D eigenvalue weighted by molar-refractivity contribution is 6.12. The Morgan fingerprint density at radius 1 is 0.341 bits per heavy atom. The molecule has 1 heterocycles. The van der Waals surface area contributed by atoms with Gasteiger partial charge >= 0.3 is 12.4 Å². The van der Waals surface area contributed by atoms with Gasteiger partial charge in [-0.2, -0.15) is 31.6 Å². The van der Waals surface area contributed by atoms with Gasteiger partial charge in [0.05, 0.1) is 39.5 Å². The number of aromatic nitrogens is 1. The van der Waals surface area contributed by atoms with Gasteiger partial charge in [-0.05, 0) is 190 Å². The molecule has 0 bridgehead atoms. The average molecular weight is 1080 g/mol. The third-order valence-corrected chi connectivity index (χ3v) is 16.1. The van der Waals surface area contributed by atoms with Crippen molar-refractivity contribution < 1.29 is 26.3 Å². The van der Waals surface area contributed by atoms with Crippen LogP contribution in [0, 0.1) is 39.0 Å². The molecule has 8 heteroatoms. The number of nitrogens with zero attached hydrogens (tertiary/aromatic N) is 2. The van der Waals surface area contributed by atoms with Crippen LogP contribution >= 0.6 is 0 Å². The van der Waals surface area contributed by atoms with E-state index in [1.807, 2.05) is 42.5 Å². The van der Waals surface area contributed by atoms with Crippen molar-refractivity contribution in [2.75, 3.05) is 0 Å². The van der Waals surface area contributed by atoms with Crippen LogP contribution in [0.3, 0.4) is 0 Å². The zero-order chi connectivity index (χ0) is 56.8. The van der Waals surface area contributed by atoms with Gasteiger partial charge in [0.15, 0.2) is 0 Å². The van der Waals surface area contributed by atoms with Gasteiger partial charge in [-0.1, -0.05) is 174 Å². The van der Waals surface area contributed by atoms with Gasteiger partial charge in [-0.3, -0.25) is 0 Å². The quantitative estimate of drug-likeness (QED) is 0.139.